The molecule has 0 aromatic heterocycles. The topological polar surface area (TPSA) is 57.1 Å². The first-order chi connectivity index (χ1) is 12.4. The van der Waals surface area contributed by atoms with Gasteiger partial charge in [0.05, 0.1) is 24.9 Å². The highest BCUT2D eigenvalue weighted by atomic mass is 16.5. The normalized spacial score (nSPS) is 29.8. The molecule has 26 heavy (non-hydrogen) atoms. The molecule has 2 rings (SSSR count). The Morgan fingerprint density at radius 3 is 2.50 bits per heavy atom. The van der Waals surface area contributed by atoms with Crippen molar-refractivity contribution in [2.75, 3.05) is 13.2 Å². The van der Waals surface area contributed by atoms with Crippen molar-refractivity contribution in [2.45, 2.75) is 91.3 Å². The second-order valence-electron chi connectivity index (χ2n) is 8.65. The zero-order chi connectivity index (χ0) is 19.2. The van der Waals surface area contributed by atoms with Crippen molar-refractivity contribution in [3.8, 4) is 0 Å². The lowest BCUT2D eigenvalue weighted by molar-refractivity contribution is -0.0562. The molecule has 0 aromatic rings. The van der Waals surface area contributed by atoms with Gasteiger partial charge < -0.3 is 14.2 Å². The summed E-state index contributed by atoms with van der Waals surface area (Å²) in [5.74, 6) is 1.12. The number of nitrogens with zero attached hydrogens (tertiary/aromatic N) is 1. The summed E-state index contributed by atoms with van der Waals surface area (Å²) in [5, 5.41) is 3.20. The minimum absolute atomic E-state index is 0.00702. The summed E-state index contributed by atoms with van der Waals surface area (Å²) in [4.78, 5) is 11.1. The van der Waals surface area contributed by atoms with Crippen LogP contribution >= 0.6 is 0 Å². The van der Waals surface area contributed by atoms with E-state index in [9.17, 15) is 4.91 Å². The maximum Gasteiger partial charge on any atom is 0.194 e. The number of allylic oxidation sites excluding steroid dienone is 2. The maximum atomic E-state index is 11.1. The Hall–Kier alpha value is -0.780. The van der Waals surface area contributed by atoms with Gasteiger partial charge in [0.2, 0.25) is 0 Å². The van der Waals surface area contributed by atoms with E-state index >= 15 is 0 Å². The van der Waals surface area contributed by atoms with E-state index in [1.807, 2.05) is 13.8 Å². The average Bonchev–Trinajstić information content (AvgIpc) is 3.18. The molecule has 0 N–H and O–H groups in total. The summed E-state index contributed by atoms with van der Waals surface area (Å²) in [5.41, 5.74) is -0.261. The second-order valence-corrected chi connectivity index (χ2v) is 8.65. The van der Waals surface area contributed by atoms with E-state index in [4.69, 9.17) is 14.2 Å². The molecule has 5 heteroatoms. The van der Waals surface area contributed by atoms with Gasteiger partial charge in [-0.25, -0.2) is 0 Å². The SMILES string of the molecule is CCOC[C@@H]1[C@H](CC=CCCC(C)(C)C(N=O)OC(C)C)[C@@H]2CC[C@H]1O2. The molecule has 2 bridgehead atoms. The first-order valence-corrected chi connectivity index (χ1v) is 10.2. The Labute approximate surface area is 158 Å². The van der Waals surface area contributed by atoms with Gasteiger partial charge in [0.25, 0.3) is 0 Å². The molecule has 5 atom stereocenters. The van der Waals surface area contributed by atoms with Crippen molar-refractivity contribution < 1.29 is 14.2 Å². The zero-order valence-electron chi connectivity index (χ0n) is 17.1. The van der Waals surface area contributed by atoms with Gasteiger partial charge in [0.15, 0.2) is 6.23 Å². The highest BCUT2D eigenvalue weighted by molar-refractivity contribution is 5.00. The number of hydrogen-bond acceptors (Lipinski definition) is 5. The summed E-state index contributed by atoms with van der Waals surface area (Å²) in [6.45, 7) is 11.6. The highest BCUT2D eigenvalue weighted by Gasteiger charge is 2.48. The fourth-order valence-electron chi connectivity index (χ4n) is 4.24. The van der Waals surface area contributed by atoms with E-state index in [-0.39, 0.29) is 11.5 Å². The first-order valence-electron chi connectivity index (χ1n) is 10.2. The molecule has 0 aromatic carbocycles. The van der Waals surface area contributed by atoms with Crippen molar-refractivity contribution in [3.63, 3.8) is 0 Å². The third-order valence-corrected chi connectivity index (χ3v) is 5.80. The monoisotopic (exact) mass is 367 g/mol. The molecule has 2 heterocycles. The molecule has 2 aliphatic heterocycles. The zero-order valence-corrected chi connectivity index (χ0v) is 17.1. The van der Waals surface area contributed by atoms with Crippen LogP contribution in [0.5, 0.6) is 0 Å². The van der Waals surface area contributed by atoms with E-state index in [0.717, 1.165) is 32.5 Å². The van der Waals surface area contributed by atoms with E-state index in [1.54, 1.807) is 0 Å². The fraction of sp³-hybridized carbons (Fsp3) is 0.905. The van der Waals surface area contributed by atoms with Gasteiger partial charge in [-0.15, -0.1) is 4.91 Å². The number of hydrogen-bond donors (Lipinski definition) is 0. The number of ether oxygens (including phenoxy) is 3. The number of rotatable bonds is 12. The van der Waals surface area contributed by atoms with Gasteiger partial charge in [-0.3, -0.25) is 0 Å². The van der Waals surface area contributed by atoms with Crippen LogP contribution in [0.2, 0.25) is 0 Å². The van der Waals surface area contributed by atoms with Crippen molar-refractivity contribution in [3.05, 3.63) is 17.1 Å². The molecule has 1 unspecified atom stereocenters. The molecule has 5 nitrogen and oxygen atoms in total. The van der Waals surface area contributed by atoms with Gasteiger partial charge in [-0.05, 0) is 64.0 Å². The largest absolute Gasteiger partial charge is 0.381 e. The smallest absolute Gasteiger partial charge is 0.194 e. The van der Waals surface area contributed by atoms with E-state index in [1.165, 1.54) is 12.8 Å². The Bertz CT molecular complexity index is 463. The van der Waals surface area contributed by atoms with Gasteiger partial charge in [0.1, 0.15) is 0 Å². The first kappa shape index (κ1) is 21.5. The molecule has 0 radical (unpaired) electrons. The molecule has 0 amide bonds. The van der Waals surface area contributed by atoms with Crippen LogP contribution in [0.4, 0.5) is 0 Å². The molecule has 0 spiro atoms. The van der Waals surface area contributed by atoms with Crippen LogP contribution in [0.25, 0.3) is 0 Å². The summed E-state index contributed by atoms with van der Waals surface area (Å²) in [6.07, 6.45) is 9.99. The lowest BCUT2D eigenvalue weighted by Gasteiger charge is -2.30. The van der Waals surface area contributed by atoms with E-state index < -0.39 is 6.23 Å². The molecule has 0 saturated carbocycles. The van der Waals surface area contributed by atoms with Crippen LogP contribution in [0.1, 0.15) is 66.7 Å². The minimum Gasteiger partial charge on any atom is -0.381 e. The quantitative estimate of drug-likeness (QED) is 0.356. The highest BCUT2D eigenvalue weighted by Crippen LogP contribution is 2.45. The van der Waals surface area contributed by atoms with Crippen LogP contribution in [0, 0.1) is 22.2 Å². The molecular weight excluding hydrogens is 330 g/mol. The Balaban J connectivity index is 1.78. The van der Waals surface area contributed by atoms with Crippen LogP contribution in [0.3, 0.4) is 0 Å². The predicted octanol–water partition coefficient (Wildman–Crippen LogP) is 5.09. The van der Waals surface area contributed by atoms with E-state index in [2.05, 4.69) is 38.1 Å². The maximum absolute atomic E-state index is 11.1. The van der Waals surface area contributed by atoms with Gasteiger partial charge in [-0.1, -0.05) is 26.0 Å². The lowest BCUT2D eigenvalue weighted by Crippen LogP contribution is -2.32. The molecule has 150 valence electrons. The number of nitroso groups, excluding NO2 is 1. The summed E-state index contributed by atoms with van der Waals surface area (Å²) in [7, 11) is 0. The molecule has 2 saturated heterocycles. The lowest BCUT2D eigenvalue weighted by atomic mass is 9.78. The van der Waals surface area contributed by atoms with Crippen LogP contribution < -0.4 is 0 Å². The number of fused-ring (bicyclic) bond motifs is 2. The Morgan fingerprint density at radius 2 is 1.88 bits per heavy atom. The van der Waals surface area contributed by atoms with Gasteiger partial charge >= 0.3 is 0 Å². The van der Waals surface area contributed by atoms with Crippen molar-refractivity contribution in [2.24, 2.45) is 22.4 Å². The summed E-state index contributed by atoms with van der Waals surface area (Å²) < 4.78 is 17.4. The van der Waals surface area contributed by atoms with E-state index in [0.29, 0.717) is 24.0 Å². The fourth-order valence-corrected chi connectivity index (χ4v) is 4.24. The standard InChI is InChI=1S/C21H37NO4/c1-6-24-14-17-16(18-11-12-19(17)26-18)10-8-7-9-13-21(4,5)20(22-23)25-15(2)3/h7-8,15-20H,6,9-14H2,1-5H3/t16-,17+,18-,19+,20?/m0/s1. The third kappa shape index (κ3) is 5.61. The molecule has 2 aliphatic rings. The van der Waals surface area contributed by atoms with Gasteiger partial charge in [0, 0.05) is 17.9 Å². The third-order valence-electron chi connectivity index (χ3n) is 5.80. The van der Waals surface area contributed by atoms with Crippen LogP contribution in [-0.4, -0.2) is 37.8 Å². The Morgan fingerprint density at radius 1 is 1.19 bits per heavy atom. The van der Waals surface area contributed by atoms with Crippen molar-refractivity contribution >= 4 is 0 Å². The Kier molecular flexibility index (Phi) is 8.24. The van der Waals surface area contributed by atoms with Crippen molar-refractivity contribution in [1.29, 1.82) is 0 Å². The second kappa shape index (κ2) is 9.95. The minimum atomic E-state index is -0.592. The molecular formula is C21H37NO4. The molecule has 0 aliphatic carbocycles. The molecule has 2 fully saturated rings. The van der Waals surface area contributed by atoms with Crippen LogP contribution in [-0.2, 0) is 14.2 Å². The summed E-state index contributed by atoms with van der Waals surface area (Å²) in [6, 6.07) is 0. The average molecular weight is 368 g/mol. The van der Waals surface area contributed by atoms with Crippen LogP contribution in [0.15, 0.2) is 17.3 Å². The predicted molar refractivity (Wildman–Crippen MR) is 104 cm³/mol. The summed E-state index contributed by atoms with van der Waals surface area (Å²) >= 11 is 0. The van der Waals surface area contributed by atoms with Crippen molar-refractivity contribution in [1.82, 2.24) is 0 Å². The van der Waals surface area contributed by atoms with Gasteiger partial charge in [-0.2, -0.15) is 0 Å².